The summed E-state index contributed by atoms with van der Waals surface area (Å²) in [7, 11) is 1.64. The Hall–Kier alpha value is -2.64. The molecule has 1 N–H and O–H groups in total. The molecule has 0 bridgehead atoms. The third kappa shape index (κ3) is 4.13. The molecule has 0 spiro atoms. The van der Waals surface area contributed by atoms with Crippen molar-refractivity contribution >= 4 is 52.1 Å². The van der Waals surface area contributed by atoms with Gasteiger partial charge in [-0.1, -0.05) is 24.0 Å². The van der Waals surface area contributed by atoms with Crippen molar-refractivity contribution in [3.8, 4) is 6.07 Å². The van der Waals surface area contributed by atoms with Gasteiger partial charge in [0.2, 0.25) is 0 Å². The minimum Gasteiger partial charge on any atom is -0.481 e. The number of thioether (sulfide) groups is 1. The van der Waals surface area contributed by atoms with Crippen molar-refractivity contribution in [3.63, 3.8) is 0 Å². The van der Waals surface area contributed by atoms with Crippen molar-refractivity contribution in [3.05, 3.63) is 31.9 Å². The summed E-state index contributed by atoms with van der Waals surface area (Å²) >= 11 is 6.47. The minimum atomic E-state index is -0.920. The van der Waals surface area contributed by atoms with Crippen LogP contribution in [0.5, 0.6) is 0 Å². The van der Waals surface area contributed by atoms with Gasteiger partial charge >= 0.3 is 5.97 Å². The molecule has 10 heteroatoms. The molecule has 0 radical (unpaired) electrons. The lowest BCUT2D eigenvalue weighted by atomic mass is 10.0. The van der Waals surface area contributed by atoms with Crippen molar-refractivity contribution in [2.45, 2.75) is 32.6 Å². The minimum absolute atomic E-state index is 0.0410. The van der Waals surface area contributed by atoms with Crippen molar-refractivity contribution in [2.75, 3.05) is 24.5 Å². The molecule has 0 atom stereocenters. The third-order valence-electron chi connectivity index (χ3n) is 5.29. The lowest BCUT2D eigenvalue weighted by Gasteiger charge is -2.25. The number of carbonyl (C=O) groups excluding carboxylic acids is 1. The number of amides is 1. The lowest BCUT2D eigenvalue weighted by molar-refractivity contribution is -0.137. The third-order valence-corrected chi connectivity index (χ3v) is 6.67. The van der Waals surface area contributed by atoms with Crippen molar-refractivity contribution < 1.29 is 14.7 Å². The van der Waals surface area contributed by atoms with E-state index in [9.17, 15) is 19.6 Å². The highest BCUT2D eigenvalue weighted by Gasteiger charge is 2.33. The Labute approximate surface area is 183 Å². The fraction of sp³-hybridized carbons (Fsp3) is 0.450. The highest BCUT2D eigenvalue weighted by molar-refractivity contribution is 8.26. The number of nitriles is 1. The maximum absolute atomic E-state index is 12.9. The summed E-state index contributed by atoms with van der Waals surface area (Å²) in [5.74, 6) is -0.504. The molecule has 1 amide bonds. The maximum Gasteiger partial charge on any atom is 0.303 e. The summed E-state index contributed by atoms with van der Waals surface area (Å²) in [6.45, 7) is 3.56. The molecule has 2 aliphatic rings. The molecule has 8 nitrogen and oxygen atoms in total. The first-order valence-corrected chi connectivity index (χ1v) is 10.8. The number of thiocarbonyl (C=S) groups is 1. The van der Waals surface area contributed by atoms with E-state index in [1.165, 1.54) is 9.47 Å². The number of hydrogen-bond donors (Lipinski definition) is 1. The topological polar surface area (TPSA) is 107 Å². The fourth-order valence-corrected chi connectivity index (χ4v) is 5.03. The van der Waals surface area contributed by atoms with E-state index in [1.807, 2.05) is 6.07 Å². The molecule has 0 aliphatic carbocycles. The zero-order valence-electron chi connectivity index (χ0n) is 16.8. The van der Waals surface area contributed by atoms with Crippen LogP contribution in [0.2, 0.25) is 0 Å². The van der Waals surface area contributed by atoms with Gasteiger partial charge < -0.3 is 10.0 Å². The SMILES string of the molecule is Cc1c(/C=C2/SC(=S)N(CCCC(=O)O)C2=O)c(N2CCCC2)n(C)c(=O)c1C#N. The Morgan fingerprint density at radius 3 is 2.60 bits per heavy atom. The smallest absolute Gasteiger partial charge is 0.303 e. The summed E-state index contributed by atoms with van der Waals surface area (Å²) < 4.78 is 1.86. The molecular formula is C20H22N4O4S2. The second-order valence-electron chi connectivity index (χ2n) is 7.24. The van der Waals surface area contributed by atoms with Crippen LogP contribution in [0, 0.1) is 18.3 Å². The number of pyridine rings is 1. The molecule has 3 heterocycles. The van der Waals surface area contributed by atoms with Crippen molar-refractivity contribution in [1.82, 2.24) is 9.47 Å². The number of carbonyl (C=O) groups is 2. The first-order chi connectivity index (χ1) is 14.3. The second-order valence-corrected chi connectivity index (χ2v) is 8.91. The van der Waals surface area contributed by atoms with Gasteiger partial charge in [0.05, 0.1) is 4.91 Å². The number of carboxylic acid groups (broad SMARTS) is 1. The molecule has 2 saturated heterocycles. The van der Waals surface area contributed by atoms with E-state index >= 15 is 0 Å². The molecule has 1 aromatic heterocycles. The Balaban J connectivity index is 2.04. The average molecular weight is 447 g/mol. The summed E-state index contributed by atoms with van der Waals surface area (Å²) in [5.41, 5.74) is 0.916. The molecule has 0 aromatic carbocycles. The number of nitrogens with zero attached hydrogens (tertiary/aromatic N) is 4. The molecule has 0 saturated carbocycles. The number of carboxylic acids is 1. The standard InChI is InChI=1S/C20H22N4O4S2/c1-12-13(10-15-19(28)24(20(29)30-15)9-5-6-16(25)26)17(23-7-3-4-8-23)22(2)18(27)14(12)11-21/h10H,3-9H2,1-2H3,(H,25,26)/b15-10+. The van der Waals surface area contributed by atoms with E-state index in [0.29, 0.717) is 32.6 Å². The maximum atomic E-state index is 12.9. The number of anilines is 1. The molecule has 30 heavy (non-hydrogen) atoms. The average Bonchev–Trinajstić information content (AvgIpc) is 3.30. The van der Waals surface area contributed by atoms with Crippen molar-refractivity contribution in [1.29, 1.82) is 5.26 Å². The van der Waals surface area contributed by atoms with Gasteiger partial charge in [-0.2, -0.15) is 5.26 Å². The van der Waals surface area contributed by atoms with Crippen LogP contribution < -0.4 is 10.5 Å². The van der Waals surface area contributed by atoms with Gasteiger partial charge in [0.25, 0.3) is 11.5 Å². The Morgan fingerprint density at radius 1 is 1.33 bits per heavy atom. The van der Waals surface area contributed by atoms with Crippen LogP contribution in [0.25, 0.3) is 6.08 Å². The summed E-state index contributed by atoms with van der Waals surface area (Å²) in [5, 5.41) is 18.3. The van der Waals surface area contributed by atoms with Gasteiger partial charge in [0.1, 0.15) is 21.8 Å². The van der Waals surface area contributed by atoms with E-state index in [1.54, 1.807) is 20.0 Å². The summed E-state index contributed by atoms with van der Waals surface area (Å²) in [6.07, 6.45) is 4.00. The van der Waals surface area contributed by atoms with E-state index in [2.05, 4.69) is 4.90 Å². The summed E-state index contributed by atoms with van der Waals surface area (Å²) in [6, 6.07) is 1.99. The quantitative estimate of drug-likeness (QED) is 0.524. The summed E-state index contributed by atoms with van der Waals surface area (Å²) in [4.78, 5) is 40.2. The fourth-order valence-electron chi connectivity index (χ4n) is 3.74. The predicted octanol–water partition coefficient (Wildman–Crippen LogP) is 2.23. The van der Waals surface area contributed by atoms with Gasteiger partial charge in [-0.25, -0.2) is 0 Å². The van der Waals surface area contributed by atoms with E-state index in [0.717, 1.165) is 37.7 Å². The molecule has 2 fully saturated rings. The Kier molecular flexibility index (Phi) is 6.63. The van der Waals surface area contributed by atoms with E-state index in [4.69, 9.17) is 17.3 Å². The highest BCUT2D eigenvalue weighted by atomic mass is 32.2. The second kappa shape index (κ2) is 9.02. The normalized spacial score (nSPS) is 17.8. The van der Waals surface area contributed by atoms with Gasteiger partial charge in [-0.05, 0) is 37.8 Å². The van der Waals surface area contributed by atoms with Crippen LogP contribution in [0.1, 0.15) is 42.4 Å². The molecule has 2 aliphatic heterocycles. The first kappa shape index (κ1) is 22.1. The number of aliphatic carboxylic acids is 1. The molecule has 3 rings (SSSR count). The first-order valence-electron chi connectivity index (χ1n) is 9.62. The number of rotatable bonds is 6. The Bertz CT molecular complexity index is 1050. The molecule has 0 unspecified atom stereocenters. The van der Waals surface area contributed by atoms with Crippen LogP contribution in [-0.4, -0.2) is 50.4 Å². The largest absolute Gasteiger partial charge is 0.481 e. The number of hydrogen-bond acceptors (Lipinski definition) is 7. The zero-order valence-corrected chi connectivity index (χ0v) is 18.4. The van der Waals surface area contributed by atoms with E-state index in [-0.39, 0.29) is 30.0 Å². The van der Waals surface area contributed by atoms with Gasteiger partial charge in [-0.3, -0.25) is 23.9 Å². The predicted molar refractivity (Wildman–Crippen MR) is 119 cm³/mol. The molecule has 158 valence electrons. The van der Waals surface area contributed by atoms with Crippen molar-refractivity contribution in [2.24, 2.45) is 7.05 Å². The lowest BCUT2D eigenvalue weighted by Crippen LogP contribution is -2.31. The number of aromatic nitrogens is 1. The monoisotopic (exact) mass is 446 g/mol. The van der Waals surface area contributed by atoms with E-state index < -0.39 is 5.97 Å². The Morgan fingerprint density at radius 2 is 2.00 bits per heavy atom. The zero-order chi connectivity index (χ0) is 22.0. The highest BCUT2D eigenvalue weighted by Crippen LogP contribution is 2.36. The van der Waals surface area contributed by atoms with Crippen LogP contribution >= 0.6 is 24.0 Å². The van der Waals surface area contributed by atoms with Gasteiger partial charge in [-0.15, -0.1) is 0 Å². The van der Waals surface area contributed by atoms with Gasteiger partial charge in [0.15, 0.2) is 0 Å². The van der Waals surface area contributed by atoms with Gasteiger partial charge in [0, 0.05) is 38.7 Å². The molecule has 1 aromatic rings. The van der Waals surface area contributed by atoms with Crippen LogP contribution in [0.3, 0.4) is 0 Å². The molecular weight excluding hydrogens is 424 g/mol. The van der Waals surface area contributed by atoms with Crippen LogP contribution in [-0.2, 0) is 16.6 Å². The van der Waals surface area contributed by atoms with Crippen LogP contribution in [0.4, 0.5) is 5.82 Å². The van der Waals surface area contributed by atoms with Crippen LogP contribution in [0.15, 0.2) is 9.70 Å².